The summed E-state index contributed by atoms with van der Waals surface area (Å²) in [4.78, 5) is 23.9. The highest BCUT2D eigenvalue weighted by Crippen LogP contribution is 2.38. The van der Waals surface area contributed by atoms with E-state index in [1.165, 1.54) is 49.7 Å². The molecule has 0 spiro atoms. The van der Waals surface area contributed by atoms with Gasteiger partial charge in [0.05, 0.1) is 29.0 Å². The minimum atomic E-state index is 0.616. The molecule has 2 heterocycles. The summed E-state index contributed by atoms with van der Waals surface area (Å²) in [6.07, 6.45) is 0. The van der Waals surface area contributed by atoms with Gasteiger partial charge in [-0.25, -0.2) is 19.9 Å². The topological polar surface area (TPSA) is 58.0 Å². The van der Waals surface area contributed by atoms with Crippen molar-refractivity contribution in [2.45, 2.75) is 117 Å². The van der Waals surface area contributed by atoms with Crippen molar-refractivity contribution in [1.29, 1.82) is 0 Å². The van der Waals surface area contributed by atoms with E-state index < -0.39 is 0 Å². The predicted octanol–water partition coefficient (Wildman–Crippen LogP) is 22.3. The molecule has 11 rings (SSSR count). The fraction of sp³-hybridized carbons (Fsp3) is 0.253. The van der Waals surface area contributed by atoms with E-state index in [1.54, 1.807) is 0 Å². The predicted molar refractivity (Wildman–Crippen MR) is 360 cm³/mol. The quantitative estimate of drug-likeness (QED) is 0.134. The Balaban J connectivity index is 0.000000353. The number of rotatable bonds is 9. The van der Waals surface area contributed by atoms with E-state index in [-0.39, 0.29) is 0 Å². The molecular weight excluding hydrogens is 985 g/mol. The first-order valence-corrected chi connectivity index (χ1v) is 29.7. The molecule has 2 aromatic heterocycles. The average molecular weight is 1080 g/mol. The molecule has 0 fully saturated rings. The molecule has 0 unspecified atom stereocenters. The van der Waals surface area contributed by atoms with E-state index in [1.807, 2.05) is 141 Å². The number of anilines is 3. The molecule has 6 heteroatoms. The van der Waals surface area contributed by atoms with E-state index >= 15 is 0 Å². The third-order valence-corrected chi connectivity index (χ3v) is 12.4. The van der Waals surface area contributed by atoms with Crippen molar-refractivity contribution in [1.82, 2.24) is 19.9 Å². The molecule has 0 aliphatic rings. The molecule has 9 aromatic carbocycles. The maximum absolute atomic E-state index is 5.04. The summed E-state index contributed by atoms with van der Waals surface area (Å²) >= 11 is 0. The molecule has 0 saturated heterocycles. The zero-order valence-electron chi connectivity index (χ0n) is 52.2. The average Bonchev–Trinajstić information content (AvgIpc) is 3.60. The number of aryl methyl sites for hydroxylation is 2. The first kappa shape index (κ1) is 66.8. The molecule has 81 heavy (non-hydrogen) atoms. The number of hydrogen-bond acceptors (Lipinski definition) is 6. The third kappa shape index (κ3) is 17.5. The van der Waals surface area contributed by atoms with E-state index in [0.29, 0.717) is 12.5 Å². The Labute approximate surface area is 488 Å². The number of fused-ring (bicyclic) bond motifs is 4. The Morgan fingerprint density at radius 1 is 0.321 bits per heavy atom. The van der Waals surface area contributed by atoms with Crippen LogP contribution in [-0.4, -0.2) is 34.0 Å². The molecular formula is C75H92N6. The minimum absolute atomic E-state index is 0.616. The highest BCUT2D eigenvalue weighted by molar-refractivity contribution is 6.05. The molecule has 422 valence electrons. The first-order chi connectivity index (χ1) is 39.9. The van der Waals surface area contributed by atoms with Gasteiger partial charge in [-0.3, -0.25) is 0 Å². The molecule has 11 aromatic rings. The van der Waals surface area contributed by atoms with Crippen LogP contribution in [0.5, 0.6) is 0 Å². The van der Waals surface area contributed by atoms with Crippen molar-refractivity contribution in [2.75, 3.05) is 23.9 Å². The van der Waals surface area contributed by atoms with Gasteiger partial charge in [0.2, 0.25) is 5.95 Å². The van der Waals surface area contributed by atoms with Gasteiger partial charge in [-0.05, 0) is 82.9 Å². The maximum Gasteiger partial charge on any atom is 0.230 e. The molecule has 0 aliphatic heterocycles. The Morgan fingerprint density at radius 2 is 0.728 bits per heavy atom. The van der Waals surface area contributed by atoms with Crippen LogP contribution in [0.15, 0.2) is 218 Å². The maximum atomic E-state index is 5.04. The van der Waals surface area contributed by atoms with Crippen molar-refractivity contribution < 1.29 is 0 Å². The van der Waals surface area contributed by atoms with Crippen LogP contribution in [-0.2, 0) is 6.54 Å². The van der Waals surface area contributed by atoms with Gasteiger partial charge in [-0.1, -0.05) is 285 Å². The summed E-state index contributed by atoms with van der Waals surface area (Å²) in [5.41, 5.74) is 15.7. The van der Waals surface area contributed by atoms with E-state index in [9.17, 15) is 0 Å². The third-order valence-electron chi connectivity index (χ3n) is 12.4. The molecule has 0 amide bonds. The van der Waals surface area contributed by atoms with Gasteiger partial charge in [0.25, 0.3) is 0 Å². The second-order valence-electron chi connectivity index (χ2n) is 16.9. The second-order valence-corrected chi connectivity index (χ2v) is 16.9. The zero-order chi connectivity index (χ0) is 59.7. The Bertz CT molecular complexity index is 3490. The van der Waals surface area contributed by atoms with Gasteiger partial charge in [-0.15, -0.1) is 0 Å². The highest BCUT2D eigenvalue weighted by atomic mass is 15.2. The summed E-state index contributed by atoms with van der Waals surface area (Å²) in [6.45, 7) is 32.7. The normalized spacial score (nSPS) is 9.65. The molecule has 0 aliphatic carbocycles. The summed E-state index contributed by atoms with van der Waals surface area (Å²) in [5, 5.41) is 4.56. The van der Waals surface area contributed by atoms with Crippen molar-refractivity contribution in [2.24, 2.45) is 0 Å². The number of benzene rings is 9. The van der Waals surface area contributed by atoms with Crippen LogP contribution in [0, 0.1) is 13.8 Å². The lowest BCUT2D eigenvalue weighted by Crippen LogP contribution is -2.19. The fourth-order valence-electron chi connectivity index (χ4n) is 8.94. The number of aromatic nitrogens is 4. The van der Waals surface area contributed by atoms with Crippen LogP contribution >= 0.6 is 0 Å². The summed E-state index contributed by atoms with van der Waals surface area (Å²) in [5.74, 6) is 1.52. The van der Waals surface area contributed by atoms with Crippen LogP contribution in [0.1, 0.15) is 114 Å². The van der Waals surface area contributed by atoms with Crippen LogP contribution in [0.2, 0.25) is 0 Å². The van der Waals surface area contributed by atoms with Gasteiger partial charge < -0.3 is 9.80 Å². The van der Waals surface area contributed by atoms with Crippen LogP contribution < -0.4 is 9.80 Å². The SMILES string of the molecule is CC.CC.CC.CC.CC.CC.CC.Cc1nc(CN(C)c2ccc(-c3ccccc3)cc2-c2ccccc2)nc2c1ccc1ccccc12.Cc1nc(N(C)c2ccc(-c3ccccc3)cc2-c2ccccc2)nc2ccccc12. The molecule has 0 radical (unpaired) electrons. The highest BCUT2D eigenvalue weighted by Gasteiger charge is 2.18. The summed E-state index contributed by atoms with van der Waals surface area (Å²) in [7, 11) is 4.16. The number of nitrogens with zero attached hydrogens (tertiary/aromatic N) is 6. The number of hydrogen-bond donors (Lipinski definition) is 0. The van der Waals surface area contributed by atoms with Crippen molar-refractivity contribution in [3.8, 4) is 44.5 Å². The molecule has 0 atom stereocenters. The largest absolute Gasteiger partial charge is 0.367 e. The molecule has 0 N–H and O–H groups in total. The smallest absolute Gasteiger partial charge is 0.230 e. The molecule has 0 bridgehead atoms. The second kappa shape index (κ2) is 36.6. The van der Waals surface area contributed by atoms with Crippen LogP contribution in [0.3, 0.4) is 0 Å². The Kier molecular flexibility index (Phi) is 30.2. The lowest BCUT2D eigenvalue weighted by Gasteiger charge is -2.23. The van der Waals surface area contributed by atoms with Gasteiger partial charge in [0.1, 0.15) is 5.82 Å². The Morgan fingerprint density at radius 3 is 1.23 bits per heavy atom. The van der Waals surface area contributed by atoms with Gasteiger partial charge >= 0.3 is 0 Å². The van der Waals surface area contributed by atoms with Crippen molar-refractivity contribution >= 4 is 49.9 Å². The van der Waals surface area contributed by atoms with E-state index in [0.717, 1.165) is 56.0 Å². The zero-order valence-corrected chi connectivity index (χ0v) is 52.2. The molecule has 0 saturated carbocycles. The van der Waals surface area contributed by atoms with Crippen molar-refractivity contribution in [3.63, 3.8) is 0 Å². The van der Waals surface area contributed by atoms with E-state index in [2.05, 4.69) is 212 Å². The minimum Gasteiger partial charge on any atom is -0.367 e. The first-order valence-electron chi connectivity index (χ1n) is 29.7. The lowest BCUT2D eigenvalue weighted by molar-refractivity contribution is 0.841. The Hall–Kier alpha value is -8.48. The standard InChI is InChI=1S/C33H27N3.C28H23N3.7C2H6/c1-23-28-19-17-26-15-9-10-16-29(26)33(28)35-32(34-23)22-36(2)31-20-18-27(24-11-5-3-6-12-24)21-30(31)25-13-7-4-8-14-25;1-20-24-15-9-10-16-26(24)30-28(29-20)31(2)27-18-17-23(21-11-5-3-6-12-21)19-25(27)22-13-7-4-8-14-22;7*1-2/h3-21H,22H2,1-2H3;3-19H,1-2H3;7*1-2H3. The van der Waals surface area contributed by atoms with Gasteiger partial charge in [0.15, 0.2) is 0 Å². The number of para-hydroxylation sites is 1. The van der Waals surface area contributed by atoms with Crippen molar-refractivity contribution in [3.05, 3.63) is 236 Å². The van der Waals surface area contributed by atoms with E-state index in [4.69, 9.17) is 19.9 Å². The fourth-order valence-corrected chi connectivity index (χ4v) is 8.94. The van der Waals surface area contributed by atoms with Crippen LogP contribution in [0.4, 0.5) is 17.3 Å². The van der Waals surface area contributed by atoms with Crippen LogP contribution in [0.25, 0.3) is 77.1 Å². The molecule has 6 nitrogen and oxygen atoms in total. The summed E-state index contributed by atoms with van der Waals surface area (Å²) in [6, 6.07) is 76.2. The summed E-state index contributed by atoms with van der Waals surface area (Å²) < 4.78 is 0. The van der Waals surface area contributed by atoms with Gasteiger partial charge in [0, 0.05) is 52.8 Å². The van der Waals surface area contributed by atoms with Gasteiger partial charge in [-0.2, -0.15) is 0 Å². The monoisotopic (exact) mass is 1080 g/mol. The lowest BCUT2D eigenvalue weighted by atomic mass is 9.97.